The Labute approximate surface area is 178 Å². The molecule has 1 heterocycles. The number of hydrogen-bond acceptors (Lipinski definition) is 5. The van der Waals surface area contributed by atoms with Crippen molar-refractivity contribution < 1.29 is 4.79 Å². The van der Waals surface area contributed by atoms with Crippen LogP contribution in [0.15, 0.2) is 29.3 Å². The average molecular weight is 412 g/mol. The Balaban J connectivity index is 1.46. The number of benzene rings is 1. The van der Waals surface area contributed by atoms with E-state index in [0.29, 0.717) is 38.4 Å². The van der Waals surface area contributed by atoms with Crippen LogP contribution in [0.3, 0.4) is 0 Å². The van der Waals surface area contributed by atoms with Crippen molar-refractivity contribution in [3.8, 4) is 0 Å². The molecule has 1 amide bonds. The largest absolute Gasteiger partial charge is 0.352 e. The highest BCUT2D eigenvalue weighted by molar-refractivity contribution is 6.39. The summed E-state index contributed by atoms with van der Waals surface area (Å²) in [7, 11) is 0. The number of piperazine rings is 1. The van der Waals surface area contributed by atoms with E-state index in [1.807, 2.05) is 36.1 Å². The summed E-state index contributed by atoms with van der Waals surface area (Å²) in [5, 5.41) is 19.1. The number of carbonyl (C=O) groups excluding carboxylic acids is 1. The predicted molar refractivity (Wildman–Crippen MR) is 121 cm³/mol. The summed E-state index contributed by atoms with van der Waals surface area (Å²) in [5.74, 6) is 0.235. The molecule has 3 rings (SSSR count). The summed E-state index contributed by atoms with van der Waals surface area (Å²) in [6, 6.07) is 8.32. The number of nitrogens with one attached hydrogen (secondary N) is 3. The first kappa shape index (κ1) is 22.1. The minimum Gasteiger partial charge on any atom is -0.352 e. The fraction of sp³-hybridized carbons (Fsp3) is 0.545. The minimum atomic E-state index is 0.0717. The second-order valence-electron chi connectivity index (χ2n) is 8.27. The number of rotatable bonds is 5. The molecule has 0 bridgehead atoms. The highest BCUT2D eigenvalue weighted by Gasteiger charge is 2.23. The van der Waals surface area contributed by atoms with E-state index in [2.05, 4.69) is 15.2 Å². The lowest BCUT2D eigenvalue weighted by molar-refractivity contribution is -0.123. The molecule has 5 N–H and O–H groups in total. The summed E-state index contributed by atoms with van der Waals surface area (Å²) >= 11 is 0. The molecule has 0 aromatic heterocycles. The van der Waals surface area contributed by atoms with Gasteiger partial charge in [0.25, 0.3) is 0 Å². The van der Waals surface area contributed by atoms with Crippen LogP contribution in [-0.2, 0) is 4.79 Å². The first-order valence-electron chi connectivity index (χ1n) is 10.7. The van der Waals surface area contributed by atoms with Crippen LogP contribution in [0, 0.1) is 17.7 Å². The summed E-state index contributed by atoms with van der Waals surface area (Å²) in [6.45, 7) is 5.12. The van der Waals surface area contributed by atoms with Gasteiger partial charge in [0.1, 0.15) is 0 Å². The number of amides is 1. The van der Waals surface area contributed by atoms with Gasteiger partial charge in [0.05, 0.1) is 12.3 Å². The lowest BCUT2D eigenvalue weighted by Gasteiger charge is -2.35. The van der Waals surface area contributed by atoms with Crippen molar-refractivity contribution in [1.29, 1.82) is 10.8 Å². The maximum Gasteiger partial charge on any atom is 0.234 e. The average Bonchev–Trinajstić information content (AvgIpc) is 2.74. The molecule has 1 aliphatic carbocycles. The Hall–Kier alpha value is -2.58. The highest BCUT2D eigenvalue weighted by Crippen LogP contribution is 2.17. The van der Waals surface area contributed by atoms with Gasteiger partial charge in [0.15, 0.2) is 0 Å². The minimum absolute atomic E-state index is 0.0717. The molecule has 1 saturated heterocycles. The van der Waals surface area contributed by atoms with Crippen molar-refractivity contribution in [2.75, 3.05) is 32.7 Å². The molecule has 0 radical (unpaired) electrons. The molecule has 0 spiro atoms. The molecule has 1 aromatic carbocycles. The fourth-order valence-electron chi connectivity index (χ4n) is 3.95. The summed E-state index contributed by atoms with van der Waals surface area (Å²) < 4.78 is 0. The van der Waals surface area contributed by atoms with Gasteiger partial charge in [-0.2, -0.15) is 0 Å². The topological polar surface area (TPSA) is 122 Å². The molecule has 1 aromatic rings. The molecule has 2 aliphatic rings. The van der Waals surface area contributed by atoms with E-state index in [1.165, 1.54) is 6.21 Å². The number of hydrogen-bond donors (Lipinski definition) is 4. The smallest absolute Gasteiger partial charge is 0.234 e. The van der Waals surface area contributed by atoms with Crippen molar-refractivity contribution >= 4 is 23.8 Å². The van der Waals surface area contributed by atoms with Crippen molar-refractivity contribution in [3.05, 3.63) is 35.4 Å². The normalized spacial score (nSPS) is 23.1. The Morgan fingerprint density at radius 2 is 1.80 bits per heavy atom. The maximum absolute atomic E-state index is 12.4. The second kappa shape index (κ2) is 10.4. The van der Waals surface area contributed by atoms with Gasteiger partial charge in [-0.1, -0.05) is 29.8 Å². The zero-order valence-electron chi connectivity index (χ0n) is 17.7. The predicted octanol–water partition coefficient (Wildman–Crippen LogP) is 1.37. The third-order valence-electron chi connectivity index (χ3n) is 5.89. The fourth-order valence-corrected chi connectivity index (χ4v) is 3.95. The van der Waals surface area contributed by atoms with Gasteiger partial charge in [-0.3, -0.25) is 15.1 Å². The van der Waals surface area contributed by atoms with E-state index in [4.69, 9.17) is 16.6 Å². The van der Waals surface area contributed by atoms with Crippen LogP contribution in [0.25, 0.3) is 0 Å². The van der Waals surface area contributed by atoms with Gasteiger partial charge >= 0.3 is 0 Å². The van der Waals surface area contributed by atoms with Crippen LogP contribution in [0.2, 0.25) is 0 Å². The Morgan fingerprint density at radius 3 is 2.40 bits per heavy atom. The van der Waals surface area contributed by atoms with E-state index >= 15 is 0 Å². The Kier molecular flexibility index (Phi) is 7.70. The van der Waals surface area contributed by atoms with Crippen LogP contribution in [0.5, 0.6) is 0 Å². The number of nitrogens with two attached hydrogens (primary N) is 1. The number of nitrogens with zero attached hydrogens (tertiary/aromatic N) is 3. The van der Waals surface area contributed by atoms with Gasteiger partial charge < -0.3 is 21.4 Å². The molecule has 30 heavy (non-hydrogen) atoms. The van der Waals surface area contributed by atoms with Crippen molar-refractivity contribution in [2.24, 2.45) is 10.7 Å². The van der Waals surface area contributed by atoms with Crippen LogP contribution in [0.1, 0.15) is 36.8 Å². The second-order valence-corrected chi connectivity index (χ2v) is 8.27. The van der Waals surface area contributed by atoms with Crippen LogP contribution >= 0.6 is 0 Å². The molecule has 2 fully saturated rings. The van der Waals surface area contributed by atoms with Crippen molar-refractivity contribution in [1.82, 2.24) is 15.1 Å². The Bertz CT molecular complexity index is 773. The summed E-state index contributed by atoms with van der Waals surface area (Å²) in [4.78, 5) is 20.7. The monoisotopic (exact) mass is 411 g/mol. The standard InChI is InChI=1S/C22H33N7O/c1-16-2-4-17(5-3-16)20(14-23)27-22(25)29-12-10-28(11-13-29)15-21(30)26-19-8-6-18(24)7-9-19/h2-5,14,18-19,23,25H,6-13,15,24H2,1H3,(H,26,30). The molecule has 0 atom stereocenters. The zero-order valence-corrected chi connectivity index (χ0v) is 17.7. The number of guanidine groups is 1. The SMILES string of the molecule is Cc1ccc(C(C=N)=NC(=N)N2CCN(CC(=O)NC3CCC(N)CC3)CC2)cc1. The van der Waals surface area contributed by atoms with Crippen LogP contribution < -0.4 is 11.1 Å². The van der Waals surface area contributed by atoms with Gasteiger partial charge in [-0.15, -0.1) is 0 Å². The molecule has 8 heteroatoms. The Morgan fingerprint density at radius 1 is 1.17 bits per heavy atom. The highest BCUT2D eigenvalue weighted by atomic mass is 16.2. The lowest BCUT2D eigenvalue weighted by Crippen LogP contribution is -2.52. The number of aryl methyl sites for hydroxylation is 1. The van der Waals surface area contributed by atoms with Gasteiger partial charge in [-0.05, 0) is 32.6 Å². The number of aliphatic imine (C=N–C) groups is 1. The third kappa shape index (κ3) is 6.21. The first-order chi connectivity index (χ1) is 14.4. The summed E-state index contributed by atoms with van der Waals surface area (Å²) in [5.41, 5.74) is 8.39. The maximum atomic E-state index is 12.4. The van der Waals surface area contributed by atoms with E-state index in [0.717, 1.165) is 36.8 Å². The quantitative estimate of drug-likeness (QED) is 0.432. The van der Waals surface area contributed by atoms with E-state index in [1.54, 1.807) is 0 Å². The van der Waals surface area contributed by atoms with E-state index < -0.39 is 0 Å². The number of carbonyl (C=O) groups is 1. The van der Waals surface area contributed by atoms with Crippen molar-refractivity contribution in [3.63, 3.8) is 0 Å². The first-order valence-corrected chi connectivity index (χ1v) is 10.7. The molecule has 1 aliphatic heterocycles. The molecule has 8 nitrogen and oxygen atoms in total. The van der Waals surface area contributed by atoms with E-state index in [-0.39, 0.29) is 24.0 Å². The zero-order chi connectivity index (χ0) is 21.5. The van der Waals surface area contributed by atoms with Crippen molar-refractivity contribution in [2.45, 2.75) is 44.7 Å². The lowest BCUT2D eigenvalue weighted by atomic mass is 9.92. The molecule has 162 valence electrons. The molecular weight excluding hydrogens is 378 g/mol. The van der Waals surface area contributed by atoms with E-state index in [9.17, 15) is 4.79 Å². The third-order valence-corrected chi connectivity index (χ3v) is 5.89. The molecular formula is C22H33N7O. The van der Waals surface area contributed by atoms with Crippen LogP contribution in [-0.4, -0.2) is 78.4 Å². The van der Waals surface area contributed by atoms with Gasteiger partial charge in [0, 0.05) is 50.0 Å². The summed E-state index contributed by atoms with van der Waals surface area (Å²) in [6.07, 6.45) is 5.08. The molecule has 1 saturated carbocycles. The van der Waals surface area contributed by atoms with Crippen LogP contribution in [0.4, 0.5) is 0 Å². The van der Waals surface area contributed by atoms with Gasteiger partial charge in [0.2, 0.25) is 11.9 Å². The molecule has 0 unspecified atom stereocenters. The van der Waals surface area contributed by atoms with Gasteiger partial charge in [-0.25, -0.2) is 4.99 Å².